The number of aromatic nitrogens is 3. The number of allylic oxidation sites excluding steroid dienone is 1. The molecule has 11 heteroatoms. The Labute approximate surface area is 194 Å². The molecule has 3 heterocycles. The first-order valence-electron chi connectivity index (χ1n) is 10.1. The van der Waals surface area contributed by atoms with E-state index in [0.717, 1.165) is 17.3 Å². The van der Waals surface area contributed by atoms with E-state index in [-0.39, 0.29) is 5.75 Å². The number of thioether (sulfide) groups is 1. The van der Waals surface area contributed by atoms with Crippen LogP contribution in [0.4, 0.5) is 4.79 Å². The first kappa shape index (κ1) is 22.3. The Morgan fingerprint density at radius 1 is 1.27 bits per heavy atom. The smallest absolute Gasteiger partial charge is 0.344 e. The van der Waals surface area contributed by atoms with Crippen LogP contribution in [0.15, 0.2) is 64.9 Å². The van der Waals surface area contributed by atoms with Crippen LogP contribution in [-0.4, -0.2) is 43.4 Å². The summed E-state index contributed by atoms with van der Waals surface area (Å²) >= 11 is 1.13. The molecule has 1 saturated heterocycles. The summed E-state index contributed by atoms with van der Waals surface area (Å²) in [5.74, 6) is 0.108. The highest BCUT2D eigenvalue weighted by Gasteiger charge is 2.49. The third-order valence-corrected chi connectivity index (χ3v) is 6.21. The van der Waals surface area contributed by atoms with Crippen molar-refractivity contribution in [3.63, 3.8) is 0 Å². The molecule has 2 N–H and O–H groups in total. The predicted molar refractivity (Wildman–Crippen MR) is 121 cm³/mol. The summed E-state index contributed by atoms with van der Waals surface area (Å²) in [6.45, 7) is 7.61. The molecule has 0 spiro atoms. The first-order chi connectivity index (χ1) is 15.8. The van der Waals surface area contributed by atoms with Crippen LogP contribution in [-0.2, 0) is 21.7 Å². The van der Waals surface area contributed by atoms with Crippen molar-refractivity contribution in [3.8, 4) is 11.4 Å². The summed E-state index contributed by atoms with van der Waals surface area (Å²) in [5.41, 5.74) is 2.54. The molecule has 0 bridgehead atoms. The van der Waals surface area contributed by atoms with Crippen LogP contribution < -0.4 is 10.7 Å². The Balaban J connectivity index is 1.44. The topological polar surface area (TPSA) is 122 Å². The van der Waals surface area contributed by atoms with Gasteiger partial charge in [0.1, 0.15) is 11.3 Å². The van der Waals surface area contributed by atoms with Gasteiger partial charge in [-0.3, -0.25) is 19.6 Å². The average molecular weight is 467 g/mol. The monoisotopic (exact) mass is 466 g/mol. The fourth-order valence-electron chi connectivity index (χ4n) is 3.50. The molecule has 0 radical (unpaired) electrons. The van der Waals surface area contributed by atoms with Gasteiger partial charge in [-0.2, -0.15) is 5.01 Å². The Hall–Kier alpha value is -3.86. The lowest BCUT2D eigenvalue weighted by Crippen LogP contribution is -2.48. The molecule has 3 aromatic rings. The molecule has 1 aliphatic rings. The van der Waals surface area contributed by atoms with Crippen LogP contribution in [0.2, 0.25) is 0 Å². The second-order valence-corrected chi connectivity index (χ2v) is 8.42. The summed E-state index contributed by atoms with van der Waals surface area (Å²) in [5, 5.41) is 12.2. The van der Waals surface area contributed by atoms with E-state index in [1.54, 1.807) is 49.6 Å². The molecule has 2 aromatic heterocycles. The zero-order valence-corrected chi connectivity index (χ0v) is 18.9. The summed E-state index contributed by atoms with van der Waals surface area (Å²) < 4.78 is 7.16. The second kappa shape index (κ2) is 8.94. The van der Waals surface area contributed by atoms with Gasteiger partial charge in [-0.05, 0) is 25.5 Å². The number of hydrazine groups is 1. The van der Waals surface area contributed by atoms with Gasteiger partial charge in [0, 0.05) is 6.54 Å². The minimum absolute atomic E-state index is 0.0846. The summed E-state index contributed by atoms with van der Waals surface area (Å²) in [7, 11) is 0. The number of aryl methyl sites for hydroxylation is 1. The van der Waals surface area contributed by atoms with Crippen molar-refractivity contribution in [2.45, 2.75) is 31.1 Å². The maximum absolute atomic E-state index is 12.9. The maximum Gasteiger partial charge on any atom is 0.344 e. The lowest BCUT2D eigenvalue weighted by molar-refractivity contribution is -0.138. The van der Waals surface area contributed by atoms with E-state index >= 15 is 0 Å². The van der Waals surface area contributed by atoms with Gasteiger partial charge in [0.2, 0.25) is 5.91 Å². The lowest BCUT2D eigenvalue weighted by Gasteiger charge is -2.22. The zero-order valence-electron chi connectivity index (χ0n) is 18.1. The van der Waals surface area contributed by atoms with Gasteiger partial charge in [-0.1, -0.05) is 48.2 Å². The van der Waals surface area contributed by atoms with Gasteiger partial charge in [0.15, 0.2) is 11.0 Å². The third kappa shape index (κ3) is 4.14. The standard InChI is InChI=1S/C22H22N6O4S/c1-4-11-27-18(16-10-12-32-14(16)2)24-25-21(27)33-13-17(29)26-28-19(30)22(3,23-20(28)31)15-8-6-5-7-9-15/h4-10,12H,1,11,13H2,2-3H3,(H,23,31)(H,26,29). The Kier molecular flexibility index (Phi) is 6.05. The Morgan fingerprint density at radius 3 is 2.70 bits per heavy atom. The van der Waals surface area contributed by atoms with Crippen LogP contribution in [0.25, 0.3) is 11.4 Å². The summed E-state index contributed by atoms with van der Waals surface area (Å²) in [6, 6.07) is 9.94. The largest absolute Gasteiger partial charge is 0.469 e. The highest BCUT2D eigenvalue weighted by molar-refractivity contribution is 7.99. The van der Waals surface area contributed by atoms with E-state index in [1.807, 2.05) is 17.6 Å². The number of imide groups is 1. The van der Waals surface area contributed by atoms with Crippen LogP contribution in [0.5, 0.6) is 0 Å². The van der Waals surface area contributed by atoms with Crippen LogP contribution in [0, 0.1) is 6.92 Å². The quantitative estimate of drug-likeness (QED) is 0.297. The fraction of sp³-hybridized carbons (Fsp3) is 0.227. The van der Waals surface area contributed by atoms with Gasteiger partial charge in [-0.25, -0.2) is 4.79 Å². The second-order valence-electron chi connectivity index (χ2n) is 7.48. The van der Waals surface area contributed by atoms with Crippen molar-refractivity contribution in [1.82, 2.24) is 30.5 Å². The molecule has 0 saturated carbocycles. The van der Waals surface area contributed by atoms with Crippen molar-refractivity contribution in [2.75, 3.05) is 5.75 Å². The fourth-order valence-corrected chi connectivity index (χ4v) is 4.24. The van der Waals surface area contributed by atoms with Crippen LogP contribution >= 0.6 is 11.8 Å². The predicted octanol–water partition coefficient (Wildman–Crippen LogP) is 2.62. The highest BCUT2D eigenvalue weighted by Crippen LogP contribution is 2.29. The molecule has 0 aliphatic carbocycles. The Bertz CT molecular complexity index is 1220. The minimum Gasteiger partial charge on any atom is -0.469 e. The van der Waals surface area contributed by atoms with Gasteiger partial charge in [0.25, 0.3) is 5.91 Å². The highest BCUT2D eigenvalue weighted by atomic mass is 32.2. The Morgan fingerprint density at radius 2 is 2.03 bits per heavy atom. The summed E-state index contributed by atoms with van der Waals surface area (Å²) in [4.78, 5) is 37.9. The number of carbonyl (C=O) groups is 3. The SMILES string of the molecule is C=CCn1c(SCC(=O)NN2C(=O)NC(C)(c3ccccc3)C2=O)nnc1-c1ccoc1C. The zero-order chi connectivity index (χ0) is 23.6. The molecule has 4 rings (SSSR count). The van der Waals surface area contributed by atoms with Crippen LogP contribution in [0.3, 0.4) is 0 Å². The lowest BCUT2D eigenvalue weighted by atomic mass is 9.92. The van der Waals surface area contributed by atoms with Crippen molar-refractivity contribution < 1.29 is 18.8 Å². The van der Waals surface area contributed by atoms with Gasteiger partial charge >= 0.3 is 6.03 Å². The molecular formula is C22H22N6O4S. The number of carbonyl (C=O) groups excluding carboxylic acids is 3. The van der Waals surface area contributed by atoms with Gasteiger partial charge < -0.3 is 9.73 Å². The number of furan rings is 1. The van der Waals surface area contributed by atoms with E-state index in [4.69, 9.17) is 4.42 Å². The molecule has 33 heavy (non-hydrogen) atoms. The number of amides is 4. The van der Waals surface area contributed by atoms with Crippen LogP contribution in [0.1, 0.15) is 18.2 Å². The molecule has 1 atom stereocenters. The molecule has 10 nitrogen and oxygen atoms in total. The average Bonchev–Trinajstić information content (AvgIpc) is 3.46. The first-order valence-corrected chi connectivity index (χ1v) is 11.1. The number of hydrogen-bond acceptors (Lipinski definition) is 7. The number of rotatable bonds is 8. The summed E-state index contributed by atoms with van der Waals surface area (Å²) in [6.07, 6.45) is 3.27. The van der Waals surface area contributed by atoms with Crippen molar-refractivity contribution >= 4 is 29.6 Å². The minimum atomic E-state index is -1.26. The van der Waals surface area contributed by atoms with E-state index < -0.39 is 23.4 Å². The van der Waals surface area contributed by atoms with E-state index in [1.165, 1.54) is 0 Å². The molecule has 1 fully saturated rings. The van der Waals surface area contributed by atoms with Gasteiger partial charge in [0.05, 0.1) is 17.6 Å². The molecule has 4 amide bonds. The number of nitrogens with one attached hydrogen (secondary N) is 2. The van der Waals surface area contributed by atoms with Crippen molar-refractivity contribution in [1.29, 1.82) is 0 Å². The molecule has 1 aliphatic heterocycles. The molecular weight excluding hydrogens is 444 g/mol. The third-order valence-electron chi connectivity index (χ3n) is 5.24. The van der Waals surface area contributed by atoms with E-state index in [2.05, 4.69) is 27.5 Å². The molecule has 170 valence electrons. The number of hydrogen-bond donors (Lipinski definition) is 2. The van der Waals surface area contributed by atoms with E-state index in [9.17, 15) is 14.4 Å². The number of nitrogens with zero attached hydrogens (tertiary/aromatic N) is 4. The number of benzene rings is 1. The maximum atomic E-state index is 12.9. The van der Waals surface area contributed by atoms with Crippen molar-refractivity contribution in [3.05, 3.63) is 66.6 Å². The normalized spacial score (nSPS) is 17.8. The molecule has 1 unspecified atom stereocenters. The van der Waals surface area contributed by atoms with Gasteiger partial charge in [-0.15, -0.1) is 16.8 Å². The van der Waals surface area contributed by atoms with E-state index in [0.29, 0.717) is 33.9 Å². The molecule has 1 aromatic carbocycles. The van der Waals surface area contributed by atoms with Crippen molar-refractivity contribution in [2.24, 2.45) is 0 Å². The number of urea groups is 1.